The molecule has 4 rings (SSSR count). The molecule has 1 heterocycles. The van der Waals surface area contributed by atoms with Gasteiger partial charge in [-0.05, 0) is 71.8 Å². The van der Waals surface area contributed by atoms with Crippen LogP contribution in [0.25, 0.3) is 0 Å². The summed E-state index contributed by atoms with van der Waals surface area (Å²) in [6.07, 6.45) is 6.00. The third-order valence-electron chi connectivity index (χ3n) is 6.67. The Balaban J connectivity index is 1.44. The number of hydrogen-bond donors (Lipinski definition) is 1. The zero-order chi connectivity index (χ0) is 25.5. The minimum absolute atomic E-state index is 0.103. The first-order chi connectivity index (χ1) is 17.5. The highest BCUT2D eigenvalue weighted by atomic mass is 32.2. The van der Waals surface area contributed by atoms with E-state index in [4.69, 9.17) is 0 Å². The summed E-state index contributed by atoms with van der Waals surface area (Å²) in [7, 11) is 0. The molecule has 3 aromatic rings. The summed E-state index contributed by atoms with van der Waals surface area (Å²) in [5.41, 5.74) is 5.81. The van der Waals surface area contributed by atoms with E-state index in [1.807, 2.05) is 53.4 Å². The lowest BCUT2D eigenvalue weighted by Gasteiger charge is -2.25. The standard InChI is InChI=1S/C31H36N2O2S/c1-4-5-6-7-9-23-12-14-25(15-13-23)30(35)32-27-11-8-10-26(20-27)31-33(29(34)21-36-31)28-18-16-24(17-19-28)22(2)3/h8,10-20,22,31H,4-7,9,21H2,1-3H3,(H,32,35). The molecule has 5 heteroatoms. The Morgan fingerprint density at radius 1 is 1.00 bits per heavy atom. The van der Waals surface area contributed by atoms with E-state index in [-0.39, 0.29) is 17.2 Å². The molecule has 3 aromatic carbocycles. The molecule has 2 amide bonds. The molecule has 4 nitrogen and oxygen atoms in total. The van der Waals surface area contributed by atoms with Crippen molar-refractivity contribution in [3.05, 3.63) is 95.1 Å². The highest BCUT2D eigenvalue weighted by Crippen LogP contribution is 2.42. The highest BCUT2D eigenvalue weighted by molar-refractivity contribution is 8.00. The van der Waals surface area contributed by atoms with Crippen LogP contribution in [-0.2, 0) is 11.2 Å². The van der Waals surface area contributed by atoms with E-state index in [0.29, 0.717) is 17.2 Å². The van der Waals surface area contributed by atoms with Gasteiger partial charge in [0.15, 0.2) is 0 Å². The molecule has 0 spiro atoms. The van der Waals surface area contributed by atoms with Crippen LogP contribution in [0.5, 0.6) is 0 Å². The van der Waals surface area contributed by atoms with E-state index in [1.54, 1.807) is 11.8 Å². The van der Waals surface area contributed by atoms with Crippen molar-refractivity contribution in [3.8, 4) is 0 Å². The summed E-state index contributed by atoms with van der Waals surface area (Å²) in [5.74, 6) is 0.867. The Labute approximate surface area is 219 Å². The van der Waals surface area contributed by atoms with Crippen LogP contribution in [0.15, 0.2) is 72.8 Å². The van der Waals surface area contributed by atoms with Crippen LogP contribution in [-0.4, -0.2) is 17.6 Å². The van der Waals surface area contributed by atoms with Gasteiger partial charge in [0, 0.05) is 16.9 Å². The van der Waals surface area contributed by atoms with Crippen LogP contribution in [0, 0.1) is 0 Å². The van der Waals surface area contributed by atoms with Crippen molar-refractivity contribution in [1.82, 2.24) is 0 Å². The Hall–Kier alpha value is -3.05. The number of nitrogens with one attached hydrogen (secondary N) is 1. The Kier molecular flexibility index (Phi) is 8.87. The van der Waals surface area contributed by atoms with Gasteiger partial charge in [0.05, 0.1) is 5.75 Å². The highest BCUT2D eigenvalue weighted by Gasteiger charge is 2.34. The fourth-order valence-corrected chi connectivity index (χ4v) is 5.69. The third kappa shape index (κ3) is 6.38. The molecule has 1 saturated heterocycles. The molecule has 0 saturated carbocycles. The lowest BCUT2D eigenvalue weighted by atomic mass is 10.0. The molecular formula is C31H36N2O2S. The molecule has 1 unspecified atom stereocenters. The number of unbranched alkanes of at least 4 members (excludes halogenated alkanes) is 3. The molecule has 1 aliphatic rings. The van der Waals surface area contributed by atoms with E-state index in [1.165, 1.54) is 36.8 Å². The van der Waals surface area contributed by atoms with Crippen molar-refractivity contribution in [1.29, 1.82) is 0 Å². The predicted molar refractivity (Wildman–Crippen MR) is 152 cm³/mol. The number of aryl methyl sites for hydroxylation is 1. The second-order valence-electron chi connectivity index (χ2n) is 9.76. The number of amides is 2. The van der Waals surface area contributed by atoms with Crippen LogP contribution in [0.1, 0.15) is 84.8 Å². The van der Waals surface area contributed by atoms with Crippen molar-refractivity contribution < 1.29 is 9.59 Å². The molecule has 0 radical (unpaired) electrons. The fourth-order valence-electron chi connectivity index (χ4n) is 4.52. The van der Waals surface area contributed by atoms with Gasteiger partial charge in [0.25, 0.3) is 5.91 Å². The van der Waals surface area contributed by atoms with Crippen LogP contribution in [0.3, 0.4) is 0 Å². The van der Waals surface area contributed by atoms with E-state index in [0.717, 1.165) is 23.4 Å². The number of thioether (sulfide) groups is 1. The zero-order valence-corrected chi connectivity index (χ0v) is 22.3. The zero-order valence-electron chi connectivity index (χ0n) is 21.5. The van der Waals surface area contributed by atoms with Crippen LogP contribution < -0.4 is 10.2 Å². The van der Waals surface area contributed by atoms with Gasteiger partial charge in [-0.25, -0.2) is 0 Å². The number of rotatable bonds is 10. The maximum Gasteiger partial charge on any atom is 0.255 e. The number of anilines is 2. The summed E-state index contributed by atoms with van der Waals surface area (Å²) in [6.45, 7) is 6.55. The lowest BCUT2D eigenvalue weighted by Crippen LogP contribution is -2.27. The number of carbonyl (C=O) groups excluding carboxylic acids is 2. The normalized spacial score (nSPS) is 15.5. The first-order valence-electron chi connectivity index (χ1n) is 13.0. The Bertz CT molecular complexity index is 1170. The average Bonchev–Trinajstić information content (AvgIpc) is 3.28. The smallest absolute Gasteiger partial charge is 0.255 e. The first kappa shape index (κ1) is 26.0. The first-order valence-corrected chi connectivity index (χ1v) is 14.0. The van der Waals surface area contributed by atoms with Crippen molar-refractivity contribution >= 4 is 35.0 Å². The van der Waals surface area contributed by atoms with E-state index in [2.05, 4.69) is 50.4 Å². The van der Waals surface area contributed by atoms with Crippen LogP contribution >= 0.6 is 11.8 Å². The third-order valence-corrected chi connectivity index (χ3v) is 7.88. The van der Waals surface area contributed by atoms with Gasteiger partial charge in [0.1, 0.15) is 5.37 Å². The molecule has 1 atom stereocenters. The minimum Gasteiger partial charge on any atom is -0.322 e. The molecule has 0 aliphatic carbocycles. The maximum absolute atomic E-state index is 12.9. The number of carbonyl (C=O) groups is 2. The average molecular weight is 501 g/mol. The Morgan fingerprint density at radius 2 is 1.75 bits per heavy atom. The topological polar surface area (TPSA) is 49.4 Å². The second-order valence-corrected chi connectivity index (χ2v) is 10.8. The fraction of sp³-hybridized carbons (Fsp3) is 0.355. The van der Waals surface area contributed by atoms with Gasteiger partial charge in [-0.15, -0.1) is 11.8 Å². The van der Waals surface area contributed by atoms with Gasteiger partial charge in [-0.1, -0.05) is 76.4 Å². The van der Waals surface area contributed by atoms with Gasteiger partial charge >= 0.3 is 0 Å². The molecule has 0 aromatic heterocycles. The maximum atomic E-state index is 12.9. The minimum atomic E-state index is -0.124. The van der Waals surface area contributed by atoms with Gasteiger partial charge in [-0.2, -0.15) is 0 Å². The summed E-state index contributed by atoms with van der Waals surface area (Å²) < 4.78 is 0. The number of hydrogen-bond acceptors (Lipinski definition) is 3. The van der Waals surface area contributed by atoms with E-state index >= 15 is 0 Å². The molecule has 0 bridgehead atoms. The summed E-state index contributed by atoms with van der Waals surface area (Å²) >= 11 is 1.62. The summed E-state index contributed by atoms with van der Waals surface area (Å²) in [6, 6.07) is 24.0. The molecule has 1 N–H and O–H groups in total. The monoisotopic (exact) mass is 500 g/mol. The molecule has 36 heavy (non-hydrogen) atoms. The number of nitrogens with zero attached hydrogens (tertiary/aromatic N) is 1. The van der Waals surface area contributed by atoms with E-state index in [9.17, 15) is 9.59 Å². The quantitative estimate of drug-likeness (QED) is 0.287. The van der Waals surface area contributed by atoms with E-state index < -0.39 is 0 Å². The predicted octanol–water partition coefficient (Wildman–Crippen LogP) is 7.96. The van der Waals surface area contributed by atoms with Gasteiger partial charge in [-0.3, -0.25) is 14.5 Å². The van der Waals surface area contributed by atoms with Gasteiger partial charge in [0.2, 0.25) is 5.91 Å². The van der Waals surface area contributed by atoms with Crippen molar-refractivity contribution in [2.45, 2.75) is 64.2 Å². The van der Waals surface area contributed by atoms with Gasteiger partial charge < -0.3 is 5.32 Å². The Morgan fingerprint density at radius 3 is 2.44 bits per heavy atom. The second kappa shape index (κ2) is 12.3. The molecule has 188 valence electrons. The SMILES string of the molecule is CCCCCCc1ccc(C(=O)Nc2cccc(C3SCC(=O)N3c3ccc(C(C)C)cc3)c2)cc1. The summed E-state index contributed by atoms with van der Waals surface area (Å²) in [4.78, 5) is 27.6. The molecule has 1 fully saturated rings. The van der Waals surface area contributed by atoms with Crippen molar-refractivity contribution in [3.63, 3.8) is 0 Å². The molecule has 1 aliphatic heterocycles. The summed E-state index contributed by atoms with van der Waals surface area (Å²) in [5, 5.41) is 2.92. The van der Waals surface area contributed by atoms with Crippen LogP contribution in [0.2, 0.25) is 0 Å². The molecular weight excluding hydrogens is 464 g/mol. The van der Waals surface area contributed by atoms with Crippen molar-refractivity contribution in [2.75, 3.05) is 16.0 Å². The number of benzene rings is 3. The van der Waals surface area contributed by atoms with Crippen LogP contribution in [0.4, 0.5) is 11.4 Å². The lowest BCUT2D eigenvalue weighted by molar-refractivity contribution is -0.115. The largest absolute Gasteiger partial charge is 0.322 e. The van der Waals surface area contributed by atoms with Crippen molar-refractivity contribution in [2.24, 2.45) is 0 Å².